The third kappa shape index (κ3) is 4.56. The lowest BCUT2D eigenvalue weighted by Crippen LogP contribution is -2.23. The summed E-state index contributed by atoms with van der Waals surface area (Å²) in [6, 6.07) is 12.3. The SMILES string of the molecule is CCc1ccc(N=C2SC(=Cc3cc(C(C)C)c(OC)cc3C)C(=O)N2C)cc1. The number of likely N-dealkylation sites (N-methyl/N-ethyl adjacent to an activating group) is 1. The number of ether oxygens (including phenoxy) is 1. The highest BCUT2D eigenvalue weighted by molar-refractivity contribution is 8.18. The van der Waals surface area contributed by atoms with Crippen LogP contribution in [0.15, 0.2) is 46.3 Å². The van der Waals surface area contributed by atoms with Crippen molar-refractivity contribution in [3.63, 3.8) is 0 Å². The zero-order valence-corrected chi connectivity index (χ0v) is 18.8. The molecule has 5 heteroatoms. The Morgan fingerprint density at radius 2 is 1.90 bits per heavy atom. The van der Waals surface area contributed by atoms with Gasteiger partial charge in [-0.3, -0.25) is 9.69 Å². The molecule has 0 saturated carbocycles. The van der Waals surface area contributed by atoms with Gasteiger partial charge in [-0.2, -0.15) is 0 Å². The number of hydrogen-bond acceptors (Lipinski definition) is 4. The molecule has 0 unspecified atom stereocenters. The van der Waals surface area contributed by atoms with E-state index >= 15 is 0 Å². The van der Waals surface area contributed by atoms with Crippen molar-refractivity contribution in [2.75, 3.05) is 14.2 Å². The third-order valence-corrected chi connectivity index (χ3v) is 6.16. The Hall–Kier alpha value is -2.53. The van der Waals surface area contributed by atoms with Gasteiger partial charge in [0, 0.05) is 7.05 Å². The first-order valence-electron chi connectivity index (χ1n) is 9.87. The fraction of sp³-hybridized carbons (Fsp3) is 0.333. The van der Waals surface area contributed by atoms with Gasteiger partial charge in [0.25, 0.3) is 5.91 Å². The number of aliphatic imine (C=N–C) groups is 1. The van der Waals surface area contributed by atoms with Gasteiger partial charge in [0.1, 0.15) is 5.75 Å². The van der Waals surface area contributed by atoms with Crippen molar-refractivity contribution in [3.8, 4) is 5.75 Å². The number of methoxy groups -OCH3 is 1. The van der Waals surface area contributed by atoms with E-state index in [1.807, 2.05) is 31.2 Å². The van der Waals surface area contributed by atoms with Crippen molar-refractivity contribution >= 4 is 34.6 Å². The summed E-state index contributed by atoms with van der Waals surface area (Å²) in [5.41, 5.74) is 5.38. The highest BCUT2D eigenvalue weighted by atomic mass is 32.2. The van der Waals surface area contributed by atoms with Crippen molar-refractivity contribution in [3.05, 3.63) is 63.6 Å². The minimum Gasteiger partial charge on any atom is -0.496 e. The smallest absolute Gasteiger partial charge is 0.266 e. The molecule has 3 rings (SSSR count). The van der Waals surface area contributed by atoms with Gasteiger partial charge in [0.2, 0.25) is 0 Å². The molecule has 2 aromatic carbocycles. The van der Waals surface area contributed by atoms with Gasteiger partial charge >= 0.3 is 0 Å². The van der Waals surface area contributed by atoms with Crippen LogP contribution < -0.4 is 4.74 Å². The minimum absolute atomic E-state index is 0.0276. The number of rotatable bonds is 5. The first-order chi connectivity index (χ1) is 13.8. The zero-order chi connectivity index (χ0) is 21.1. The second-order valence-corrected chi connectivity index (χ2v) is 8.50. The van der Waals surface area contributed by atoms with Crippen LogP contribution in [0.4, 0.5) is 5.69 Å². The van der Waals surface area contributed by atoms with E-state index in [0.29, 0.717) is 16.0 Å². The molecule has 0 bridgehead atoms. The second kappa shape index (κ2) is 8.87. The summed E-state index contributed by atoms with van der Waals surface area (Å²) < 4.78 is 5.53. The first kappa shape index (κ1) is 21.2. The van der Waals surface area contributed by atoms with Crippen LogP contribution in [0.2, 0.25) is 0 Å². The Labute approximate surface area is 177 Å². The number of benzene rings is 2. The maximum atomic E-state index is 12.8. The molecule has 0 spiro atoms. The number of hydrogen-bond donors (Lipinski definition) is 0. The zero-order valence-electron chi connectivity index (χ0n) is 17.9. The molecule has 1 aliphatic rings. The average Bonchev–Trinajstić information content (AvgIpc) is 2.97. The summed E-state index contributed by atoms with van der Waals surface area (Å²) in [6.45, 7) is 8.45. The van der Waals surface area contributed by atoms with Crippen molar-refractivity contribution in [2.24, 2.45) is 4.99 Å². The van der Waals surface area contributed by atoms with Gasteiger partial charge in [-0.1, -0.05) is 32.9 Å². The van der Waals surface area contributed by atoms with E-state index in [-0.39, 0.29) is 5.91 Å². The van der Waals surface area contributed by atoms with Gasteiger partial charge in [-0.25, -0.2) is 4.99 Å². The molecular formula is C24H28N2O2S. The minimum atomic E-state index is -0.0276. The van der Waals surface area contributed by atoms with Crippen molar-refractivity contribution < 1.29 is 9.53 Å². The summed E-state index contributed by atoms with van der Waals surface area (Å²) in [4.78, 5) is 19.8. The highest BCUT2D eigenvalue weighted by Crippen LogP contribution is 2.36. The van der Waals surface area contributed by atoms with E-state index < -0.39 is 0 Å². The standard InChI is InChI=1S/C24H28N2O2S/c1-7-17-8-10-19(11-9-17)25-24-26(5)23(27)22(29-24)14-18-13-20(15(2)3)21(28-6)12-16(18)4/h8-15H,7H2,1-6H3. The van der Waals surface area contributed by atoms with Gasteiger partial charge in [0.05, 0.1) is 17.7 Å². The normalized spacial score (nSPS) is 17.1. The fourth-order valence-corrected chi connectivity index (χ4v) is 4.19. The van der Waals surface area contributed by atoms with Crippen LogP contribution in [0.5, 0.6) is 5.75 Å². The Morgan fingerprint density at radius 3 is 2.48 bits per heavy atom. The highest BCUT2D eigenvalue weighted by Gasteiger charge is 2.30. The van der Waals surface area contributed by atoms with E-state index in [4.69, 9.17) is 4.74 Å². The second-order valence-electron chi connectivity index (χ2n) is 7.49. The predicted molar refractivity (Wildman–Crippen MR) is 123 cm³/mol. The quantitative estimate of drug-likeness (QED) is 0.576. The number of amidine groups is 1. The van der Waals surface area contributed by atoms with E-state index in [1.165, 1.54) is 17.3 Å². The maximum Gasteiger partial charge on any atom is 0.266 e. The van der Waals surface area contributed by atoms with E-state index in [0.717, 1.165) is 34.5 Å². The molecule has 0 N–H and O–H groups in total. The number of nitrogens with zero attached hydrogens (tertiary/aromatic N) is 2. The maximum absolute atomic E-state index is 12.8. The molecule has 1 heterocycles. The third-order valence-electron chi connectivity index (χ3n) is 5.10. The molecule has 152 valence electrons. The van der Waals surface area contributed by atoms with Crippen LogP contribution in [-0.2, 0) is 11.2 Å². The van der Waals surface area contributed by atoms with Gasteiger partial charge < -0.3 is 4.74 Å². The number of carbonyl (C=O) groups is 1. The van der Waals surface area contributed by atoms with Crippen LogP contribution in [0.25, 0.3) is 6.08 Å². The molecule has 4 nitrogen and oxygen atoms in total. The Bertz CT molecular complexity index is 975. The topological polar surface area (TPSA) is 41.9 Å². The molecular weight excluding hydrogens is 380 g/mol. The van der Waals surface area contributed by atoms with Crippen molar-refractivity contribution in [1.29, 1.82) is 0 Å². The summed E-state index contributed by atoms with van der Waals surface area (Å²) in [6.07, 6.45) is 2.96. The van der Waals surface area contributed by atoms with E-state index in [2.05, 4.69) is 44.0 Å². The van der Waals surface area contributed by atoms with Crippen molar-refractivity contribution in [2.45, 2.75) is 40.0 Å². The van der Waals surface area contributed by atoms with Gasteiger partial charge in [0.15, 0.2) is 5.17 Å². The molecule has 0 aliphatic carbocycles. The largest absolute Gasteiger partial charge is 0.496 e. The summed E-state index contributed by atoms with van der Waals surface area (Å²) in [5.74, 6) is 1.20. The number of carbonyl (C=O) groups excluding carboxylic acids is 1. The monoisotopic (exact) mass is 408 g/mol. The van der Waals surface area contributed by atoms with Crippen LogP contribution in [0, 0.1) is 6.92 Å². The molecule has 1 fully saturated rings. The van der Waals surface area contributed by atoms with Crippen LogP contribution in [-0.4, -0.2) is 30.1 Å². The fourth-order valence-electron chi connectivity index (χ4n) is 3.21. The molecule has 0 aromatic heterocycles. The first-order valence-corrected chi connectivity index (χ1v) is 10.7. The number of amides is 1. The van der Waals surface area contributed by atoms with Crippen LogP contribution in [0.1, 0.15) is 48.9 Å². The lowest BCUT2D eigenvalue weighted by atomic mass is 9.96. The van der Waals surface area contributed by atoms with E-state index in [9.17, 15) is 4.79 Å². The molecule has 2 aromatic rings. The molecule has 1 saturated heterocycles. The summed E-state index contributed by atoms with van der Waals surface area (Å²) >= 11 is 1.42. The number of aryl methyl sites for hydroxylation is 2. The summed E-state index contributed by atoms with van der Waals surface area (Å²) in [5, 5.41) is 0.695. The molecule has 0 atom stereocenters. The predicted octanol–water partition coefficient (Wildman–Crippen LogP) is 5.92. The summed E-state index contributed by atoms with van der Waals surface area (Å²) in [7, 11) is 3.47. The van der Waals surface area contributed by atoms with E-state index in [1.54, 1.807) is 19.1 Å². The molecule has 0 radical (unpaired) electrons. The molecule has 29 heavy (non-hydrogen) atoms. The Balaban J connectivity index is 1.93. The lowest BCUT2D eigenvalue weighted by Gasteiger charge is -2.14. The van der Waals surface area contributed by atoms with Gasteiger partial charge in [-0.05, 0) is 83.6 Å². The van der Waals surface area contributed by atoms with Gasteiger partial charge in [-0.15, -0.1) is 0 Å². The Kier molecular flexibility index (Phi) is 6.48. The molecule has 1 aliphatic heterocycles. The lowest BCUT2D eigenvalue weighted by molar-refractivity contribution is -0.121. The molecule has 1 amide bonds. The van der Waals surface area contributed by atoms with Crippen LogP contribution >= 0.6 is 11.8 Å². The average molecular weight is 409 g/mol. The van der Waals surface area contributed by atoms with Crippen molar-refractivity contribution in [1.82, 2.24) is 4.90 Å². The van der Waals surface area contributed by atoms with Crippen LogP contribution in [0.3, 0.4) is 0 Å². The Morgan fingerprint density at radius 1 is 1.21 bits per heavy atom. The number of thioether (sulfide) groups is 1.